The molecule has 0 aromatic heterocycles. The number of unbranched alkanes of at least 4 members (excludes halogenated alkanes) is 2. The van der Waals surface area contributed by atoms with Crippen LogP contribution in [-0.2, 0) is 9.53 Å². The Kier molecular flexibility index (Phi) is 5.74. The fourth-order valence-electron chi connectivity index (χ4n) is 2.03. The Morgan fingerprint density at radius 1 is 1.40 bits per heavy atom. The molecule has 0 aromatic rings. The largest absolute Gasteiger partial charge is 0.462 e. The SMILES string of the molecule is CC[C@@H](C)CCCCC[C@@H]1CCC(=O)O1. The molecule has 0 spiro atoms. The first kappa shape index (κ1) is 12.5. The maximum Gasteiger partial charge on any atom is 0.306 e. The zero-order valence-corrected chi connectivity index (χ0v) is 10.1. The van der Waals surface area contributed by atoms with Crippen LogP contribution < -0.4 is 0 Å². The second kappa shape index (κ2) is 6.86. The lowest BCUT2D eigenvalue weighted by atomic mass is 9.99. The quantitative estimate of drug-likeness (QED) is 0.475. The highest BCUT2D eigenvalue weighted by Gasteiger charge is 2.22. The van der Waals surface area contributed by atoms with E-state index in [1.54, 1.807) is 0 Å². The highest BCUT2D eigenvalue weighted by Crippen LogP contribution is 2.20. The van der Waals surface area contributed by atoms with Crippen molar-refractivity contribution in [2.45, 2.75) is 71.3 Å². The topological polar surface area (TPSA) is 26.3 Å². The fraction of sp³-hybridized carbons (Fsp3) is 0.923. The summed E-state index contributed by atoms with van der Waals surface area (Å²) in [4.78, 5) is 10.8. The van der Waals surface area contributed by atoms with Crippen LogP contribution in [0, 0.1) is 5.92 Å². The number of cyclic esters (lactones) is 1. The van der Waals surface area contributed by atoms with Gasteiger partial charge in [-0.3, -0.25) is 4.79 Å². The van der Waals surface area contributed by atoms with Crippen LogP contribution in [0.3, 0.4) is 0 Å². The Hall–Kier alpha value is -0.530. The minimum absolute atomic E-state index is 0.000366. The molecule has 0 amide bonds. The molecule has 1 aliphatic rings. The van der Waals surface area contributed by atoms with Crippen molar-refractivity contribution < 1.29 is 9.53 Å². The summed E-state index contributed by atoms with van der Waals surface area (Å²) in [5.41, 5.74) is 0. The van der Waals surface area contributed by atoms with E-state index in [1.165, 1.54) is 32.1 Å². The summed E-state index contributed by atoms with van der Waals surface area (Å²) in [5.74, 6) is 0.869. The van der Waals surface area contributed by atoms with Gasteiger partial charge in [-0.05, 0) is 25.2 Å². The summed E-state index contributed by atoms with van der Waals surface area (Å²) >= 11 is 0. The maximum atomic E-state index is 10.8. The zero-order chi connectivity index (χ0) is 11.1. The van der Waals surface area contributed by atoms with E-state index < -0.39 is 0 Å². The van der Waals surface area contributed by atoms with Crippen molar-refractivity contribution in [2.24, 2.45) is 5.92 Å². The number of rotatable bonds is 7. The monoisotopic (exact) mass is 212 g/mol. The molecule has 0 bridgehead atoms. The molecular formula is C13H24O2. The predicted molar refractivity (Wildman–Crippen MR) is 61.7 cm³/mol. The van der Waals surface area contributed by atoms with E-state index in [9.17, 15) is 4.79 Å². The minimum atomic E-state index is -0.000366. The predicted octanol–water partition coefficient (Wildman–Crippen LogP) is 3.69. The summed E-state index contributed by atoms with van der Waals surface area (Å²) in [7, 11) is 0. The normalized spacial score (nSPS) is 22.8. The first-order chi connectivity index (χ1) is 7.22. The Morgan fingerprint density at radius 2 is 2.20 bits per heavy atom. The smallest absolute Gasteiger partial charge is 0.306 e. The van der Waals surface area contributed by atoms with Crippen LogP contribution in [-0.4, -0.2) is 12.1 Å². The van der Waals surface area contributed by atoms with Gasteiger partial charge in [-0.2, -0.15) is 0 Å². The van der Waals surface area contributed by atoms with Crippen molar-refractivity contribution in [1.29, 1.82) is 0 Å². The molecule has 1 heterocycles. The number of ether oxygens (including phenoxy) is 1. The summed E-state index contributed by atoms with van der Waals surface area (Å²) in [6.07, 6.45) is 9.37. The van der Waals surface area contributed by atoms with Gasteiger partial charge in [0.15, 0.2) is 0 Å². The summed E-state index contributed by atoms with van der Waals surface area (Å²) < 4.78 is 5.17. The molecule has 1 fully saturated rings. The third kappa shape index (κ3) is 5.19. The third-order valence-electron chi connectivity index (χ3n) is 3.39. The molecule has 0 aromatic carbocycles. The summed E-state index contributed by atoms with van der Waals surface area (Å²) in [6, 6.07) is 0. The highest BCUT2D eigenvalue weighted by molar-refractivity contribution is 5.71. The summed E-state index contributed by atoms with van der Waals surface area (Å²) in [5, 5.41) is 0. The van der Waals surface area contributed by atoms with Gasteiger partial charge in [-0.15, -0.1) is 0 Å². The van der Waals surface area contributed by atoms with E-state index in [-0.39, 0.29) is 12.1 Å². The molecule has 1 aliphatic heterocycles. The number of hydrogen-bond donors (Lipinski definition) is 0. The molecule has 0 aliphatic carbocycles. The van der Waals surface area contributed by atoms with Gasteiger partial charge < -0.3 is 4.74 Å². The molecule has 2 nitrogen and oxygen atoms in total. The Labute approximate surface area is 93.4 Å². The van der Waals surface area contributed by atoms with Gasteiger partial charge >= 0.3 is 5.97 Å². The van der Waals surface area contributed by atoms with Crippen LogP contribution in [0.5, 0.6) is 0 Å². The molecule has 0 unspecified atom stereocenters. The molecule has 0 radical (unpaired) electrons. The molecule has 1 rings (SSSR count). The van der Waals surface area contributed by atoms with Crippen molar-refractivity contribution in [3.63, 3.8) is 0 Å². The standard InChI is InChI=1S/C13H24O2/c1-3-11(2)7-5-4-6-8-12-9-10-13(14)15-12/h11-12H,3-10H2,1-2H3/t11-,12-/m1/s1. The Bertz CT molecular complexity index is 189. The van der Waals surface area contributed by atoms with Gasteiger partial charge in [0.1, 0.15) is 6.10 Å². The highest BCUT2D eigenvalue weighted by atomic mass is 16.5. The lowest BCUT2D eigenvalue weighted by molar-refractivity contribution is -0.141. The number of carbonyl (C=O) groups excluding carboxylic acids is 1. The van der Waals surface area contributed by atoms with E-state index in [4.69, 9.17) is 4.74 Å². The van der Waals surface area contributed by atoms with Crippen LogP contribution in [0.2, 0.25) is 0 Å². The number of carbonyl (C=O) groups is 1. The van der Waals surface area contributed by atoms with E-state index in [1.807, 2.05) is 0 Å². The number of hydrogen-bond acceptors (Lipinski definition) is 2. The average Bonchev–Trinajstić information content (AvgIpc) is 2.63. The van der Waals surface area contributed by atoms with Crippen LogP contribution >= 0.6 is 0 Å². The van der Waals surface area contributed by atoms with Crippen molar-refractivity contribution >= 4 is 5.97 Å². The van der Waals surface area contributed by atoms with Gasteiger partial charge in [0, 0.05) is 6.42 Å². The second-order valence-corrected chi connectivity index (χ2v) is 4.80. The Balaban J connectivity index is 1.91. The molecule has 0 saturated carbocycles. The van der Waals surface area contributed by atoms with Gasteiger partial charge in [0.05, 0.1) is 0 Å². The third-order valence-corrected chi connectivity index (χ3v) is 3.39. The molecule has 2 atom stereocenters. The average molecular weight is 212 g/mol. The van der Waals surface area contributed by atoms with Gasteiger partial charge in [-0.25, -0.2) is 0 Å². The lowest BCUT2D eigenvalue weighted by Crippen LogP contribution is -2.06. The minimum Gasteiger partial charge on any atom is -0.462 e. The van der Waals surface area contributed by atoms with Crippen molar-refractivity contribution in [1.82, 2.24) is 0 Å². The van der Waals surface area contributed by atoms with Crippen molar-refractivity contribution in [3.8, 4) is 0 Å². The number of esters is 1. The first-order valence-corrected chi connectivity index (χ1v) is 6.41. The maximum absolute atomic E-state index is 10.8. The Morgan fingerprint density at radius 3 is 2.80 bits per heavy atom. The van der Waals surface area contributed by atoms with E-state index in [2.05, 4.69) is 13.8 Å². The summed E-state index contributed by atoms with van der Waals surface area (Å²) in [6.45, 7) is 4.57. The van der Waals surface area contributed by atoms with Crippen LogP contribution in [0.15, 0.2) is 0 Å². The molecule has 2 heteroatoms. The van der Waals surface area contributed by atoms with E-state index in [0.717, 1.165) is 18.8 Å². The van der Waals surface area contributed by atoms with Crippen LogP contribution in [0.4, 0.5) is 0 Å². The first-order valence-electron chi connectivity index (χ1n) is 6.41. The van der Waals surface area contributed by atoms with Crippen LogP contribution in [0.1, 0.15) is 65.2 Å². The molecule has 88 valence electrons. The zero-order valence-electron chi connectivity index (χ0n) is 10.1. The van der Waals surface area contributed by atoms with E-state index >= 15 is 0 Å². The molecule has 15 heavy (non-hydrogen) atoms. The molecular weight excluding hydrogens is 188 g/mol. The van der Waals surface area contributed by atoms with Crippen LogP contribution in [0.25, 0.3) is 0 Å². The molecule has 0 N–H and O–H groups in total. The van der Waals surface area contributed by atoms with E-state index in [0.29, 0.717) is 6.42 Å². The van der Waals surface area contributed by atoms with Gasteiger partial charge in [0.25, 0.3) is 0 Å². The lowest BCUT2D eigenvalue weighted by Gasteiger charge is -2.10. The second-order valence-electron chi connectivity index (χ2n) is 4.80. The van der Waals surface area contributed by atoms with Gasteiger partial charge in [-0.1, -0.05) is 39.5 Å². The van der Waals surface area contributed by atoms with Crippen molar-refractivity contribution in [3.05, 3.63) is 0 Å². The van der Waals surface area contributed by atoms with Crippen molar-refractivity contribution in [2.75, 3.05) is 0 Å². The van der Waals surface area contributed by atoms with Gasteiger partial charge in [0.2, 0.25) is 0 Å². The fourth-order valence-corrected chi connectivity index (χ4v) is 2.03. The molecule has 1 saturated heterocycles.